The van der Waals surface area contributed by atoms with Crippen LogP contribution in [0.2, 0.25) is 5.02 Å². The number of aromatic nitrogens is 4. The lowest BCUT2D eigenvalue weighted by Crippen LogP contribution is -2.22. The third-order valence-electron chi connectivity index (χ3n) is 4.51. The third kappa shape index (κ3) is 3.41. The van der Waals surface area contributed by atoms with Crippen LogP contribution in [0.5, 0.6) is 5.88 Å². The molecule has 0 amide bonds. The lowest BCUT2D eigenvalue weighted by molar-refractivity contribution is 0.0623. The summed E-state index contributed by atoms with van der Waals surface area (Å²) in [4.78, 5) is 8.47. The molecule has 2 N–H and O–H groups in total. The largest absolute Gasteiger partial charge is 0.475 e. The molecule has 10 heteroatoms. The maximum absolute atomic E-state index is 15.1. The number of ether oxygens (including phenoxy) is 2. The summed E-state index contributed by atoms with van der Waals surface area (Å²) in [6.07, 6.45) is 3.58. The van der Waals surface area contributed by atoms with Crippen molar-refractivity contribution in [2.75, 3.05) is 30.5 Å². The second-order valence-corrected chi connectivity index (χ2v) is 6.86. The molecular formula is C16H20ClFN6O2. The lowest BCUT2D eigenvalue weighted by Gasteiger charge is -2.22. The van der Waals surface area contributed by atoms with Gasteiger partial charge in [-0.1, -0.05) is 11.6 Å². The minimum absolute atomic E-state index is 0.0585. The van der Waals surface area contributed by atoms with Gasteiger partial charge in [0.15, 0.2) is 11.5 Å². The average Bonchev–Trinajstić information content (AvgIpc) is 2.93. The number of hydrogen-bond acceptors (Lipinski definition) is 7. The Labute approximate surface area is 155 Å². The first kappa shape index (κ1) is 17.3. The Morgan fingerprint density at radius 3 is 2.88 bits per heavy atom. The van der Waals surface area contributed by atoms with Gasteiger partial charge in [-0.15, -0.1) is 5.10 Å². The van der Waals surface area contributed by atoms with E-state index in [0.717, 1.165) is 0 Å². The molecule has 1 fully saturated rings. The smallest absolute Gasteiger partial charge is 0.260 e. The van der Waals surface area contributed by atoms with Crippen LogP contribution in [0.1, 0.15) is 32.2 Å². The SMILES string of the molecule is C[C@@H]1CCOc2nn(C3CCOCC3)c(F)c2Nc2ncc(Cl)c(n2)N1. The summed E-state index contributed by atoms with van der Waals surface area (Å²) in [5.41, 5.74) is 0.138. The van der Waals surface area contributed by atoms with E-state index in [9.17, 15) is 0 Å². The van der Waals surface area contributed by atoms with Gasteiger partial charge in [-0.3, -0.25) is 0 Å². The number of halogens is 2. The van der Waals surface area contributed by atoms with Crippen LogP contribution in [0, 0.1) is 5.95 Å². The molecule has 1 atom stereocenters. The van der Waals surface area contributed by atoms with Crippen LogP contribution in [-0.4, -0.2) is 45.6 Å². The summed E-state index contributed by atoms with van der Waals surface area (Å²) in [5.74, 6) is 0.439. The van der Waals surface area contributed by atoms with Gasteiger partial charge >= 0.3 is 0 Å². The third-order valence-corrected chi connectivity index (χ3v) is 4.79. The summed E-state index contributed by atoms with van der Waals surface area (Å²) in [5, 5.41) is 10.9. The molecule has 1 saturated heterocycles. The molecule has 0 radical (unpaired) electrons. The average molecular weight is 383 g/mol. The number of rotatable bonds is 1. The zero-order valence-corrected chi connectivity index (χ0v) is 15.1. The Bertz CT molecular complexity index is 795. The van der Waals surface area contributed by atoms with E-state index >= 15 is 4.39 Å². The number of fused-ring (bicyclic) bond motifs is 3. The van der Waals surface area contributed by atoms with Crippen molar-refractivity contribution in [3.8, 4) is 5.88 Å². The van der Waals surface area contributed by atoms with E-state index in [-0.39, 0.29) is 29.6 Å². The van der Waals surface area contributed by atoms with Gasteiger partial charge in [-0.2, -0.15) is 9.37 Å². The van der Waals surface area contributed by atoms with Gasteiger partial charge in [-0.25, -0.2) is 9.67 Å². The van der Waals surface area contributed by atoms with Crippen molar-refractivity contribution in [1.29, 1.82) is 0 Å². The van der Waals surface area contributed by atoms with Gasteiger partial charge in [0.05, 0.1) is 18.8 Å². The second-order valence-electron chi connectivity index (χ2n) is 6.46. The molecule has 2 aromatic heterocycles. The predicted molar refractivity (Wildman–Crippen MR) is 94.8 cm³/mol. The van der Waals surface area contributed by atoms with Gasteiger partial charge < -0.3 is 20.1 Å². The number of hydrogen-bond donors (Lipinski definition) is 2. The second kappa shape index (κ2) is 7.24. The van der Waals surface area contributed by atoms with E-state index < -0.39 is 5.95 Å². The van der Waals surface area contributed by atoms with Crippen LogP contribution in [0.3, 0.4) is 0 Å². The van der Waals surface area contributed by atoms with E-state index in [1.165, 1.54) is 10.9 Å². The van der Waals surface area contributed by atoms with Crippen LogP contribution in [0.25, 0.3) is 0 Å². The van der Waals surface area contributed by atoms with Gasteiger partial charge in [0.25, 0.3) is 5.88 Å². The highest BCUT2D eigenvalue weighted by Crippen LogP contribution is 2.34. The quantitative estimate of drug-likeness (QED) is 0.783. The van der Waals surface area contributed by atoms with Gasteiger partial charge in [-0.05, 0) is 19.8 Å². The maximum atomic E-state index is 15.1. The van der Waals surface area contributed by atoms with Crippen LogP contribution in [0.4, 0.5) is 21.8 Å². The topological polar surface area (TPSA) is 86.1 Å². The number of nitrogens with zero attached hydrogens (tertiary/aromatic N) is 4. The highest BCUT2D eigenvalue weighted by molar-refractivity contribution is 6.32. The van der Waals surface area contributed by atoms with Crippen LogP contribution >= 0.6 is 11.6 Å². The van der Waals surface area contributed by atoms with E-state index in [2.05, 4.69) is 25.7 Å². The minimum atomic E-state index is -0.493. The highest BCUT2D eigenvalue weighted by Gasteiger charge is 2.27. The first-order valence-electron chi connectivity index (χ1n) is 8.66. The minimum Gasteiger partial charge on any atom is -0.475 e. The fourth-order valence-electron chi connectivity index (χ4n) is 3.05. The molecule has 0 unspecified atom stereocenters. The molecule has 0 spiro atoms. The summed E-state index contributed by atoms with van der Waals surface area (Å²) in [6.45, 7) is 3.56. The van der Waals surface area contributed by atoms with Crippen molar-refractivity contribution in [3.05, 3.63) is 17.2 Å². The van der Waals surface area contributed by atoms with Crippen molar-refractivity contribution in [3.63, 3.8) is 0 Å². The van der Waals surface area contributed by atoms with Crippen LogP contribution in [0.15, 0.2) is 6.20 Å². The van der Waals surface area contributed by atoms with E-state index in [1.54, 1.807) is 0 Å². The van der Waals surface area contributed by atoms with Crippen molar-refractivity contribution in [2.45, 2.75) is 38.3 Å². The lowest BCUT2D eigenvalue weighted by atomic mass is 10.1. The summed E-state index contributed by atoms with van der Waals surface area (Å²) in [6, 6.07) is 0.0102. The first-order chi connectivity index (χ1) is 12.6. The molecule has 2 bridgehead atoms. The number of nitrogens with one attached hydrogen (secondary N) is 2. The molecule has 26 heavy (non-hydrogen) atoms. The fourth-order valence-corrected chi connectivity index (χ4v) is 3.20. The molecule has 0 aliphatic carbocycles. The van der Waals surface area contributed by atoms with Crippen molar-refractivity contribution >= 4 is 29.1 Å². The normalized spacial score (nSPS) is 21.0. The molecule has 4 heterocycles. The monoisotopic (exact) mass is 382 g/mol. The van der Waals surface area contributed by atoms with E-state index in [0.29, 0.717) is 49.9 Å². The van der Waals surface area contributed by atoms with E-state index in [4.69, 9.17) is 21.1 Å². The standard InChI is InChI=1S/C16H20ClFN6O2/c1-9-2-7-26-15-12(21-16-19-8-11(17)14(20-9)22-16)13(18)24(23-15)10-3-5-25-6-4-10/h8-10H,2-7H2,1H3,(H2,19,20,21,22)/t9-/m1/s1. The molecule has 140 valence electrons. The summed E-state index contributed by atoms with van der Waals surface area (Å²) < 4.78 is 27.6. The molecule has 0 saturated carbocycles. The molecule has 4 rings (SSSR count). The van der Waals surface area contributed by atoms with Crippen molar-refractivity contribution in [1.82, 2.24) is 19.7 Å². The van der Waals surface area contributed by atoms with Gasteiger partial charge in [0.2, 0.25) is 11.9 Å². The molecule has 8 nitrogen and oxygen atoms in total. The van der Waals surface area contributed by atoms with E-state index in [1.807, 2.05) is 6.92 Å². The maximum Gasteiger partial charge on any atom is 0.260 e. The Balaban J connectivity index is 1.72. The first-order valence-corrected chi connectivity index (χ1v) is 9.04. The summed E-state index contributed by atoms with van der Waals surface area (Å²) in [7, 11) is 0. The highest BCUT2D eigenvalue weighted by atomic mass is 35.5. The molecule has 2 aliphatic rings. The van der Waals surface area contributed by atoms with Crippen molar-refractivity contribution in [2.24, 2.45) is 0 Å². The predicted octanol–water partition coefficient (Wildman–Crippen LogP) is 3.14. The molecule has 2 aromatic rings. The number of anilines is 3. The van der Waals surface area contributed by atoms with Gasteiger partial charge in [0.1, 0.15) is 5.02 Å². The fraction of sp³-hybridized carbons (Fsp3) is 0.562. The zero-order chi connectivity index (χ0) is 18.1. The van der Waals surface area contributed by atoms with Crippen LogP contribution < -0.4 is 15.4 Å². The Morgan fingerprint density at radius 2 is 2.08 bits per heavy atom. The Morgan fingerprint density at radius 1 is 1.27 bits per heavy atom. The Hall–Kier alpha value is -2.13. The molecule has 0 aromatic carbocycles. The van der Waals surface area contributed by atoms with Crippen molar-refractivity contribution < 1.29 is 13.9 Å². The zero-order valence-electron chi connectivity index (χ0n) is 14.3. The molecule has 2 aliphatic heterocycles. The summed E-state index contributed by atoms with van der Waals surface area (Å²) >= 11 is 6.14. The van der Waals surface area contributed by atoms with Gasteiger partial charge in [0, 0.05) is 25.7 Å². The molecular weight excluding hydrogens is 363 g/mol. The Kier molecular flexibility index (Phi) is 4.82. The van der Waals surface area contributed by atoms with Crippen LogP contribution in [-0.2, 0) is 4.74 Å².